The average molecular weight is 383 g/mol. The summed E-state index contributed by atoms with van der Waals surface area (Å²) in [6.45, 7) is 1.64. The third-order valence-electron chi connectivity index (χ3n) is 4.32. The molecule has 2 N–H and O–H groups in total. The fraction of sp³-hybridized carbons (Fsp3) is 0.588. The maximum Gasteiger partial charge on any atom is 0.231 e. The monoisotopic (exact) mass is 382 g/mol. The Bertz CT molecular complexity index is 559. The molecule has 1 aromatic rings. The molecule has 1 aliphatic carbocycles. The van der Waals surface area contributed by atoms with E-state index in [4.69, 9.17) is 9.47 Å². The molecule has 0 unspecified atom stereocenters. The second kappa shape index (κ2) is 8.02. The van der Waals surface area contributed by atoms with Crippen LogP contribution in [0.4, 0.5) is 0 Å². The Morgan fingerprint density at radius 3 is 2.87 bits per heavy atom. The summed E-state index contributed by atoms with van der Waals surface area (Å²) in [5.41, 5.74) is 1.11. The SMILES string of the molecule is O=C(CCNCc1cc(Br)c2c(c1)OCO2)NC1CCCCC1. The molecule has 1 aliphatic heterocycles. The molecule has 3 rings (SSSR count). The smallest absolute Gasteiger partial charge is 0.231 e. The van der Waals surface area contributed by atoms with Gasteiger partial charge in [0.15, 0.2) is 11.5 Å². The van der Waals surface area contributed by atoms with Crippen molar-refractivity contribution >= 4 is 21.8 Å². The van der Waals surface area contributed by atoms with Crippen LogP contribution in [0, 0.1) is 0 Å². The molecule has 0 atom stereocenters. The number of hydrogen-bond donors (Lipinski definition) is 2. The van der Waals surface area contributed by atoms with E-state index in [1.165, 1.54) is 19.3 Å². The van der Waals surface area contributed by atoms with Crippen molar-refractivity contribution < 1.29 is 14.3 Å². The topological polar surface area (TPSA) is 59.6 Å². The molecule has 5 nitrogen and oxygen atoms in total. The van der Waals surface area contributed by atoms with E-state index in [-0.39, 0.29) is 12.7 Å². The summed E-state index contributed by atoms with van der Waals surface area (Å²) < 4.78 is 11.7. The first kappa shape index (κ1) is 16.6. The lowest BCUT2D eigenvalue weighted by Gasteiger charge is -2.22. The fourth-order valence-electron chi connectivity index (χ4n) is 3.10. The van der Waals surface area contributed by atoms with E-state index in [9.17, 15) is 4.79 Å². The number of amides is 1. The zero-order valence-corrected chi connectivity index (χ0v) is 14.8. The van der Waals surface area contributed by atoms with Gasteiger partial charge in [0.25, 0.3) is 0 Å². The van der Waals surface area contributed by atoms with E-state index < -0.39 is 0 Å². The summed E-state index contributed by atoms with van der Waals surface area (Å²) in [5.74, 6) is 1.68. The second-order valence-electron chi connectivity index (χ2n) is 6.14. The third kappa shape index (κ3) is 4.61. The van der Waals surface area contributed by atoms with Crippen molar-refractivity contribution in [3.63, 3.8) is 0 Å². The summed E-state index contributed by atoms with van der Waals surface area (Å²) in [6, 6.07) is 4.38. The van der Waals surface area contributed by atoms with Gasteiger partial charge in [-0.3, -0.25) is 4.79 Å². The van der Waals surface area contributed by atoms with Crippen LogP contribution in [0.5, 0.6) is 11.5 Å². The Morgan fingerprint density at radius 1 is 1.22 bits per heavy atom. The Labute approximate surface area is 145 Å². The van der Waals surface area contributed by atoms with Gasteiger partial charge in [-0.2, -0.15) is 0 Å². The van der Waals surface area contributed by atoms with Gasteiger partial charge < -0.3 is 20.1 Å². The molecule has 1 aromatic carbocycles. The number of carbonyl (C=O) groups is 1. The van der Waals surface area contributed by atoms with Crippen LogP contribution in [0.3, 0.4) is 0 Å². The normalized spacial score (nSPS) is 17.3. The van der Waals surface area contributed by atoms with E-state index in [0.29, 0.717) is 25.6 Å². The van der Waals surface area contributed by atoms with Gasteiger partial charge in [0, 0.05) is 25.6 Å². The molecule has 1 fully saturated rings. The molecule has 23 heavy (non-hydrogen) atoms. The summed E-state index contributed by atoms with van der Waals surface area (Å²) in [5, 5.41) is 6.45. The predicted octanol–water partition coefficient (Wildman–Crippen LogP) is 3.11. The number of ether oxygens (including phenoxy) is 2. The van der Waals surface area contributed by atoms with E-state index in [1.807, 2.05) is 12.1 Å². The minimum Gasteiger partial charge on any atom is -0.454 e. The molecule has 2 aliphatic rings. The molecule has 6 heteroatoms. The van der Waals surface area contributed by atoms with E-state index in [2.05, 4.69) is 26.6 Å². The number of rotatable bonds is 6. The highest BCUT2D eigenvalue weighted by atomic mass is 79.9. The molecule has 0 radical (unpaired) electrons. The van der Waals surface area contributed by atoms with Crippen LogP contribution < -0.4 is 20.1 Å². The number of halogens is 1. The average Bonchev–Trinajstić information content (AvgIpc) is 3.02. The first-order valence-corrected chi connectivity index (χ1v) is 9.10. The van der Waals surface area contributed by atoms with Crippen molar-refractivity contribution in [3.8, 4) is 11.5 Å². The third-order valence-corrected chi connectivity index (χ3v) is 4.90. The molecule has 0 saturated heterocycles. The standard InChI is InChI=1S/C17H23BrN2O3/c18-14-8-12(9-15-17(14)23-11-22-15)10-19-7-6-16(21)20-13-4-2-1-3-5-13/h8-9,13,19H,1-7,10-11H2,(H,20,21). The minimum atomic E-state index is 0.149. The van der Waals surface area contributed by atoms with E-state index in [0.717, 1.165) is 34.4 Å². The van der Waals surface area contributed by atoms with Crippen LogP contribution in [0.25, 0.3) is 0 Å². The van der Waals surface area contributed by atoms with Crippen molar-refractivity contribution in [1.29, 1.82) is 0 Å². The van der Waals surface area contributed by atoms with Crippen molar-refractivity contribution in [2.24, 2.45) is 0 Å². The summed E-state index contributed by atoms with van der Waals surface area (Å²) >= 11 is 3.49. The molecule has 1 heterocycles. The highest BCUT2D eigenvalue weighted by Gasteiger charge is 2.18. The molecule has 1 saturated carbocycles. The fourth-order valence-corrected chi connectivity index (χ4v) is 3.71. The first-order chi connectivity index (χ1) is 11.2. The molecular formula is C17H23BrN2O3. The Kier molecular flexibility index (Phi) is 5.78. The van der Waals surface area contributed by atoms with Crippen LogP contribution in [0.2, 0.25) is 0 Å². The van der Waals surface area contributed by atoms with Crippen molar-refractivity contribution in [1.82, 2.24) is 10.6 Å². The van der Waals surface area contributed by atoms with Crippen LogP contribution in [-0.2, 0) is 11.3 Å². The molecule has 0 aromatic heterocycles. The van der Waals surface area contributed by atoms with Gasteiger partial charge in [-0.15, -0.1) is 0 Å². The molecular weight excluding hydrogens is 360 g/mol. The maximum absolute atomic E-state index is 11.9. The zero-order valence-electron chi connectivity index (χ0n) is 13.2. The van der Waals surface area contributed by atoms with Crippen LogP contribution in [-0.4, -0.2) is 25.3 Å². The van der Waals surface area contributed by atoms with Gasteiger partial charge in [0.2, 0.25) is 12.7 Å². The van der Waals surface area contributed by atoms with E-state index in [1.54, 1.807) is 0 Å². The highest BCUT2D eigenvalue weighted by molar-refractivity contribution is 9.10. The Balaban J connectivity index is 1.38. The Hall–Kier alpha value is -1.27. The molecule has 1 amide bonds. The number of hydrogen-bond acceptors (Lipinski definition) is 4. The Morgan fingerprint density at radius 2 is 2.04 bits per heavy atom. The highest BCUT2D eigenvalue weighted by Crippen LogP contribution is 2.39. The van der Waals surface area contributed by atoms with Crippen molar-refractivity contribution in [2.75, 3.05) is 13.3 Å². The van der Waals surface area contributed by atoms with Gasteiger partial charge in [-0.05, 0) is 46.5 Å². The quantitative estimate of drug-likeness (QED) is 0.742. The van der Waals surface area contributed by atoms with Gasteiger partial charge in [0.1, 0.15) is 0 Å². The summed E-state index contributed by atoms with van der Waals surface area (Å²) in [6.07, 6.45) is 6.56. The maximum atomic E-state index is 11.9. The van der Waals surface area contributed by atoms with Crippen molar-refractivity contribution in [2.45, 2.75) is 51.1 Å². The lowest BCUT2D eigenvalue weighted by atomic mass is 9.95. The second-order valence-corrected chi connectivity index (χ2v) is 6.99. The number of nitrogens with one attached hydrogen (secondary N) is 2. The van der Waals surface area contributed by atoms with E-state index >= 15 is 0 Å². The van der Waals surface area contributed by atoms with Crippen LogP contribution >= 0.6 is 15.9 Å². The lowest BCUT2D eigenvalue weighted by Crippen LogP contribution is -2.37. The van der Waals surface area contributed by atoms with Gasteiger partial charge in [-0.1, -0.05) is 19.3 Å². The van der Waals surface area contributed by atoms with Crippen molar-refractivity contribution in [3.05, 3.63) is 22.2 Å². The number of benzene rings is 1. The van der Waals surface area contributed by atoms with Crippen LogP contribution in [0.1, 0.15) is 44.1 Å². The lowest BCUT2D eigenvalue weighted by molar-refractivity contribution is -0.121. The number of carbonyl (C=O) groups excluding carboxylic acids is 1. The van der Waals surface area contributed by atoms with Gasteiger partial charge >= 0.3 is 0 Å². The predicted molar refractivity (Wildman–Crippen MR) is 91.6 cm³/mol. The van der Waals surface area contributed by atoms with Gasteiger partial charge in [-0.25, -0.2) is 0 Å². The number of fused-ring (bicyclic) bond motifs is 1. The summed E-state index contributed by atoms with van der Waals surface area (Å²) in [4.78, 5) is 11.9. The minimum absolute atomic E-state index is 0.149. The zero-order chi connectivity index (χ0) is 16.1. The summed E-state index contributed by atoms with van der Waals surface area (Å²) in [7, 11) is 0. The van der Waals surface area contributed by atoms with Crippen LogP contribution in [0.15, 0.2) is 16.6 Å². The molecule has 0 spiro atoms. The molecule has 0 bridgehead atoms. The molecule has 126 valence electrons. The first-order valence-electron chi connectivity index (χ1n) is 8.30. The largest absolute Gasteiger partial charge is 0.454 e. The van der Waals surface area contributed by atoms with Gasteiger partial charge in [0.05, 0.1) is 4.47 Å².